The van der Waals surface area contributed by atoms with Crippen molar-refractivity contribution < 1.29 is 18.3 Å². The van der Waals surface area contributed by atoms with Crippen LogP contribution in [0.25, 0.3) is 11.0 Å². The average Bonchev–Trinajstić information content (AvgIpc) is 2.55. The smallest absolute Gasteiger partial charge is 0.375 e. The largest absolute Gasteiger partial charge is 0.454 e. The Bertz CT molecular complexity index is 605. The fraction of sp³-hybridized carbons (Fsp3) is 0.357. The maximum Gasteiger partial charge on any atom is 0.375 e. The number of halogens is 1. The van der Waals surface area contributed by atoms with Gasteiger partial charge in [-0.3, -0.25) is 0 Å². The van der Waals surface area contributed by atoms with Gasteiger partial charge in [-0.2, -0.15) is 0 Å². The molecule has 0 N–H and O–H groups in total. The van der Waals surface area contributed by atoms with E-state index < -0.39 is 17.4 Å². The van der Waals surface area contributed by atoms with Crippen LogP contribution in [0.2, 0.25) is 0 Å². The number of fused-ring (bicyclic) bond motifs is 1. The van der Waals surface area contributed by atoms with Crippen molar-refractivity contribution in [1.82, 2.24) is 0 Å². The molecule has 0 spiro atoms. The number of hydrogen-bond acceptors (Lipinski definition) is 3. The van der Waals surface area contributed by atoms with Gasteiger partial charge in [0.2, 0.25) is 5.76 Å². The molecule has 96 valence electrons. The van der Waals surface area contributed by atoms with Crippen molar-refractivity contribution in [2.24, 2.45) is 0 Å². The average molecular weight is 250 g/mol. The summed E-state index contributed by atoms with van der Waals surface area (Å²) in [5.74, 6) is -0.913. The molecule has 0 unspecified atom stereocenters. The van der Waals surface area contributed by atoms with Crippen molar-refractivity contribution in [1.29, 1.82) is 0 Å². The molecule has 0 aliphatic heterocycles. The number of rotatable bonds is 1. The van der Waals surface area contributed by atoms with E-state index in [4.69, 9.17) is 9.15 Å². The highest BCUT2D eigenvalue weighted by Crippen LogP contribution is 2.28. The number of carbonyl (C=O) groups excluding carboxylic acids is 1. The molecule has 0 aliphatic carbocycles. The van der Waals surface area contributed by atoms with Gasteiger partial charge in [-0.05, 0) is 39.8 Å². The molecule has 0 saturated heterocycles. The zero-order valence-corrected chi connectivity index (χ0v) is 10.8. The Hall–Kier alpha value is -1.84. The molecule has 0 aliphatic rings. The lowest BCUT2D eigenvalue weighted by Crippen LogP contribution is -2.23. The molecule has 0 fully saturated rings. The second-order valence-electron chi connectivity index (χ2n) is 5.17. The summed E-state index contributed by atoms with van der Waals surface area (Å²) in [7, 11) is 0. The van der Waals surface area contributed by atoms with Crippen LogP contribution in [0.5, 0.6) is 0 Å². The Labute approximate surface area is 105 Å². The number of benzene rings is 1. The van der Waals surface area contributed by atoms with Crippen molar-refractivity contribution in [2.75, 3.05) is 0 Å². The van der Waals surface area contributed by atoms with Crippen LogP contribution in [0, 0.1) is 12.7 Å². The van der Waals surface area contributed by atoms with Crippen molar-refractivity contribution >= 4 is 16.9 Å². The van der Waals surface area contributed by atoms with Gasteiger partial charge in [-0.15, -0.1) is 0 Å². The summed E-state index contributed by atoms with van der Waals surface area (Å²) in [6.07, 6.45) is 0. The molecule has 0 bridgehead atoms. The molecule has 0 saturated carbocycles. The first-order valence-electron chi connectivity index (χ1n) is 5.70. The Morgan fingerprint density at radius 1 is 1.33 bits per heavy atom. The third kappa shape index (κ3) is 2.23. The minimum Gasteiger partial charge on any atom is -0.454 e. The Morgan fingerprint density at radius 2 is 2.00 bits per heavy atom. The molecular formula is C14H15FO3. The molecule has 0 amide bonds. The van der Waals surface area contributed by atoms with Gasteiger partial charge < -0.3 is 9.15 Å². The second kappa shape index (κ2) is 4.12. The first-order valence-corrected chi connectivity index (χ1v) is 5.70. The van der Waals surface area contributed by atoms with E-state index >= 15 is 0 Å². The van der Waals surface area contributed by atoms with Crippen LogP contribution in [0.3, 0.4) is 0 Å². The highest BCUT2D eigenvalue weighted by atomic mass is 19.1. The van der Waals surface area contributed by atoms with Crippen molar-refractivity contribution in [3.05, 3.63) is 35.3 Å². The fourth-order valence-corrected chi connectivity index (χ4v) is 1.77. The van der Waals surface area contributed by atoms with Gasteiger partial charge in [0.15, 0.2) is 0 Å². The fourth-order valence-electron chi connectivity index (χ4n) is 1.77. The summed E-state index contributed by atoms with van der Waals surface area (Å²) >= 11 is 0. The summed E-state index contributed by atoms with van der Waals surface area (Å²) < 4.78 is 24.2. The van der Waals surface area contributed by atoms with Crippen LogP contribution in [-0.2, 0) is 4.74 Å². The SMILES string of the molecule is Cc1c(C(=O)OC(C)(C)C)oc2cccc(F)c12. The zero-order chi connectivity index (χ0) is 13.5. The summed E-state index contributed by atoms with van der Waals surface area (Å²) in [5, 5.41) is 0.332. The molecule has 1 aromatic carbocycles. The first kappa shape index (κ1) is 12.6. The van der Waals surface area contributed by atoms with E-state index in [-0.39, 0.29) is 5.76 Å². The number of esters is 1. The van der Waals surface area contributed by atoms with E-state index in [9.17, 15) is 9.18 Å². The normalized spacial score (nSPS) is 11.8. The van der Waals surface area contributed by atoms with Gasteiger partial charge >= 0.3 is 5.97 Å². The van der Waals surface area contributed by atoms with Crippen LogP contribution in [-0.4, -0.2) is 11.6 Å². The lowest BCUT2D eigenvalue weighted by molar-refractivity contribution is 0.00372. The van der Waals surface area contributed by atoms with Crippen LogP contribution in [0.15, 0.2) is 22.6 Å². The van der Waals surface area contributed by atoms with Gasteiger partial charge in [0.25, 0.3) is 0 Å². The van der Waals surface area contributed by atoms with Gasteiger partial charge in [0.05, 0.1) is 5.39 Å². The second-order valence-corrected chi connectivity index (χ2v) is 5.17. The van der Waals surface area contributed by atoms with E-state index in [1.807, 2.05) is 0 Å². The van der Waals surface area contributed by atoms with Crippen molar-refractivity contribution in [2.45, 2.75) is 33.3 Å². The number of aryl methyl sites for hydroxylation is 1. The number of ether oxygens (including phenoxy) is 1. The van der Waals surface area contributed by atoms with E-state index in [1.165, 1.54) is 6.07 Å². The van der Waals surface area contributed by atoms with E-state index in [2.05, 4.69) is 0 Å². The van der Waals surface area contributed by atoms with Gasteiger partial charge in [-0.1, -0.05) is 6.07 Å². The molecule has 4 heteroatoms. The summed E-state index contributed by atoms with van der Waals surface area (Å²) in [5.41, 5.74) is 0.215. The molecule has 1 aromatic heterocycles. The Morgan fingerprint density at radius 3 is 2.56 bits per heavy atom. The summed E-state index contributed by atoms with van der Waals surface area (Å²) in [4.78, 5) is 11.9. The standard InChI is InChI=1S/C14H15FO3/c1-8-11-9(15)6-5-7-10(11)17-12(8)13(16)18-14(2,3)4/h5-7H,1-4H3. The molecule has 1 heterocycles. The monoisotopic (exact) mass is 250 g/mol. The highest BCUT2D eigenvalue weighted by Gasteiger charge is 2.25. The molecule has 18 heavy (non-hydrogen) atoms. The maximum atomic E-state index is 13.6. The Balaban J connectivity index is 2.50. The molecule has 0 radical (unpaired) electrons. The van der Waals surface area contributed by atoms with E-state index in [0.29, 0.717) is 16.5 Å². The predicted octanol–water partition coefficient (Wildman–Crippen LogP) is 3.84. The minimum atomic E-state index is -0.610. The van der Waals surface area contributed by atoms with Gasteiger partial charge in [-0.25, -0.2) is 9.18 Å². The van der Waals surface area contributed by atoms with Gasteiger partial charge in [0.1, 0.15) is 17.0 Å². The van der Waals surface area contributed by atoms with Crippen LogP contribution < -0.4 is 0 Å². The summed E-state index contributed by atoms with van der Waals surface area (Å²) in [6.45, 7) is 6.95. The summed E-state index contributed by atoms with van der Waals surface area (Å²) in [6, 6.07) is 4.50. The minimum absolute atomic E-state index is 0.0602. The lowest BCUT2D eigenvalue weighted by Gasteiger charge is -2.18. The van der Waals surface area contributed by atoms with Crippen LogP contribution >= 0.6 is 0 Å². The maximum absolute atomic E-state index is 13.6. The molecule has 3 nitrogen and oxygen atoms in total. The number of hydrogen-bond donors (Lipinski definition) is 0. The van der Waals surface area contributed by atoms with Crippen LogP contribution in [0.4, 0.5) is 4.39 Å². The third-order valence-electron chi connectivity index (χ3n) is 2.49. The molecule has 2 rings (SSSR count). The van der Waals surface area contributed by atoms with E-state index in [1.54, 1.807) is 39.8 Å². The highest BCUT2D eigenvalue weighted by molar-refractivity contribution is 5.96. The molecular weight excluding hydrogens is 235 g/mol. The molecule has 2 aromatic rings. The Kier molecular flexibility index (Phi) is 2.89. The lowest BCUT2D eigenvalue weighted by atomic mass is 10.1. The van der Waals surface area contributed by atoms with Crippen molar-refractivity contribution in [3.8, 4) is 0 Å². The number of furan rings is 1. The van der Waals surface area contributed by atoms with Crippen molar-refractivity contribution in [3.63, 3.8) is 0 Å². The first-order chi connectivity index (χ1) is 8.29. The predicted molar refractivity (Wildman–Crippen MR) is 66.1 cm³/mol. The van der Waals surface area contributed by atoms with Gasteiger partial charge in [0, 0.05) is 5.56 Å². The topological polar surface area (TPSA) is 39.4 Å². The quantitative estimate of drug-likeness (QED) is 0.722. The molecule has 0 atom stereocenters. The third-order valence-corrected chi connectivity index (χ3v) is 2.49. The van der Waals surface area contributed by atoms with E-state index in [0.717, 1.165) is 0 Å². The van der Waals surface area contributed by atoms with Crippen LogP contribution in [0.1, 0.15) is 36.9 Å². The zero-order valence-electron chi connectivity index (χ0n) is 10.8. The number of carbonyl (C=O) groups is 1.